The van der Waals surface area contributed by atoms with Gasteiger partial charge in [-0.2, -0.15) is 9.98 Å². The lowest BCUT2D eigenvalue weighted by Crippen LogP contribution is -2.68. The first kappa shape index (κ1) is 40.6. The standard InChI is InChI=1S/C41H39N5O14/c42-40-44-37-30(38(55)45-40)43-18-46(37)27-4-2-1-3-22(27)21-8-12-57-17-28-33(53)36(54)41(56,9-11-48)39(59-28)60-34-25(21)14-26-29(35(34)58-16-20(50)7-10-47)32(52)24-13-19(15-49)5-6-23(24)31(26)51/h1-6,8,10,12-14,20-21,28,33,36,39,48-50,53-54,56H,7,9,11,15-18H2,(H2,42,45,55)/b12-8+/t20-,21+,28+,33+,36-,39-,41+/m1/s1. The molecule has 1 aliphatic carbocycles. The molecule has 8 rings (SSSR count). The second-order valence-electron chi connectivity index (χ2n) is 14.6. The highest BCUT2D eigenvalue weighted by atomic mass is 16.7. The number of ketones is 2. The lowest BCUT2D eigenvalue weighted by molar-refractivity contribution is -0.323. The molecule has 2 bridgehead atoms. The van der Waals surface area contributed by atoms with Crippen LogP contribution in [0.3, 0.4) is 0 Å². The van der Waals surface area contributed by atoms with Crippen molar-refractivity contribution >= 4 is 47.0 Å². The average molecular weight is 826 g/mol. The van der Waals surface area contributed by atoms with Crippen LogP contribution in [-0.4, -0.2) is 135 Å². The number of guanidine groups is 1. The molecule has 1 amide bonds. The summed E-state index contributed by atoms with van der Waals surface area (Å²) in [6.45, 7) is -2.24. The number of anilines is 1. The number of carbonyl (C=O) groups excluding carboxylic acids is 4. The number of amidine groups is 1. The number of ether oxygens (including phenoxy) is 4. The fraction of sp³-hybridized carbons (Fsp3) is 0.341. The Morgan fingerprint density at radius 1 is 1.02 bits per heavy atom. The molecule has 1 fully saturated rings. The fourth-order valence-electron chi connectivity index (χ4n) is 7.90. The number of allylic oxidation sites excluding steroid dienone is 1. The van der Waals surface area contributed by atoms with Gasteiger partial charge in [0.05, 0.1) is 24.5 Å². The summed E-state index contributed by atoms with van der Waals surface area (Å²) in [7, 11) is 0. The lowest BCUT2D eigenvalue weighted by atomic mass is 9.79. The Morgan fingerprint density at radius 2 is 1.82 bits per heavy atom. The number of benzene rings is 3. The summed E-state index contributed by atoms with van der Waals surface area (Å²) in [6, 6.07) is 12.5. The number of carbonyl (C=O) groups is 4. The molecule has 19 nitrogen and oxygen atoms in total. The predicted octanol–water partition coefficient (Wildman–Crippen LogP) is -0.630. The SMILES string of the molecule is NC1=NC(=O)C2=NCN(c3ccccc3[C@@H]3/C=C/OC[C@@H]4O[C@H](Oc5c3cc3c(c5OC[C@H](O)CC=O)C(=O)c5cc(CO)ccc5C3=O)[C@](O)(CCO)[C@H](O)[C@H]4O)C2=N1. The number of para-hydroxylation sites is 1. The van der Waals surface area contributed by atoms with Gasteiger partial charge in [-0.05, 0) is 41.5 Å². The molecule has 60 heavy (non-hydrogen) atoms. The van der Waals surface area contributed by atoms with Gasteiger partial charge in [0.2, 0.25) is 12.2 Å². The predicted molar refractivity (Wildman–Crippen MR) is 208 cm³/mol. The van der Waals surface area contributed by atoms with Gasteiger partial charge in [-0.1, -0.05) is 24.3 Å². The minimum Gasteiger partial charge on any atom is -0.499 e. The smallest absolute Gasteiger partial charge is 0.302 e. The van der Waals surface area contributed by atoms with Crippen LogP contribution in [0.15, 0.2) is 75.8 Å². The zero-order valence-corrected chi connectivity index (χ0v) is 31.6. The van der Waals surface area contributed by atoms with E-state index in [0.717, 1.165) is 0 Å². The highest BCUT2D eigenvalue weighted by molar-refractivity contribution is 6.72. The highest BCUT2D eigenvalue weighted by Gasteiger charge is 2.57. The molecule has 4 heterocycles. The molecule has 312 valence electrons. The lowest BCUT2D eigenvalue weighted by Gasteiger charge is -2.47. The van der Waals surface area contributed by atoms with E-state index in [1.54, 1.807) is 35.2 Å². The monoisotopic (exact) mass is 825 g/mol. The first-order chi connectivity index (χ1) is 28.9. The van der Waals surface area contributed by atoms with Gasteiger partial charge in [0.15, 0.2) is 40.2 Å². The van der Waals surface area contributed by atoms with Crippen molar-refractivity contribution in [3.8, 4) is 11.5 Å². The maximum Gasteiger partial charge on any atom is 0.302 e. The van der Waals surface area contributed by atoms with Crippen LogP contribution in [-0.2, 0) is 25.7 Å². The third-order valence-electron chi connectivity index (χ3n) is 10.9. The molecule has 0 radical (unpaired) electrons. The molecule has 5 aliphatic rings. The Labute approximate surface area is 340 Å². The minimum absolute atomic E-state index is 0.0128. The minimum atomic E-state index is -2.51. The molecule has 8 N–H and O–H groups in total. The van der Waals surface area contributed by atoms with Crippen LogP contribution in [0.4, 0.5) is 5.69 Å². The summed E-state index contributed by atoms with van der Waals surface area (Å²) in [4.78, 5) is 67.3. The van der Waals surface area contributed by atoms with Crippen LogP contribution >= 0.6 is 0 Å². The fourth-order valence-corrected chi connectivity index (χ4v) is 7.90. The van der Waals surface area contributed by atoms with Crippen molar-refractivity contribution in [3.05, 3.63) is 99.8 Å². The van der Waals surface area contributed by atoms with Crippen LogP contribution in [0.25, 0.3) is 0 Å². The second kappa shape index (κ2) is 16.1. The van der Waals surface area contributed by atoms with Gasteiger partial charge < -0.3 is 65.0 Å². The van der Waals surface area contributed by atoms with Crippen LogP contribution in [0.2, 0.25) is 0 Å². The zero-order chi connectivity index (χ0) is 42.5. The number of rotatable bonds is 10. The molecule has 0 aromatic heterocycles. The van der Waals surface area contributed by atoms with E-state index in [9.17, 15) is 49.8 Å². The summed E-state index contributed by atoms with van der Waals surface area (Å²) >= 11 is 0. The second-order valence-corrected chi connectivity index (χ2v) is 14.6. The van der Waals surface area contributed by atoms with Gasteiger partial charge in [0.25, 0.3) is 0 Å². The molecular formula is C41H39N5O14. The summed E-state index contributed by atoms with van der Waals surface area (Å²) in [5.41, 5.74) is 4.06. The third kappa shape index (κ3) is 6.84. The van der Waals surface area contributed by atoms with E-state index in [1.165, 1.54) is 30.5 Å². The van der Waals surface area contributed by atoms with E-state index in [4.69, 9.17) is 24.7 Å². The Bertz CT molecular complexity index is 2410. The van der Waals surface area contributed by atoms with Crippen LogP contribution in [0.1, 0.15) is 67.3 Å². The number of hydrogen-bond acceptors (Lipinski definition) is 18. The topological polar surface area (TPSA) is 293 Å². The largest absolute Gasteiger partial charge is 0.499 e. The van der Waals surface area contributed by atoms with Crippen LogP contribution in [0, 0.1) is 0 Å². The van der Waals surface area contributed by atoms with Crippen molar-refractivity contribution in [2.75, 3.05) is 31.4 Å². The Morgan fingerprint density at radius 3 is 2.58 bits per heavy atom. The van der Waals surface area contributed by atoms with E-state index in [2.05, 4.69) is 15.0 Å². The molecule has 0 unspecified atom stereocenters. The summed E-state index contributed by atoms with van der Waals surface area (Å²) in [5, 5.41) is 65.2. The summed E-state index contributed by atoms with van der Waals surface area (Å²) in [6.07, 6.45) is -6.06. The van der Waals surface area contributed by atoms with Gasteiger partial charge in [0, 0.05) is 53.3 Å². The van der Waals surface area contributed by atoms with E-state index in [-0.39, 0.29) is 70.8 Å². The van der Waals surface area contributed by atoms with Crippen LogP contribution in [0.5, 0.6) is 11.5 Å². The Balaban J connectivity index is 1.41. The number of nitrogens with zero attached hydrogens (tertiary/aromatic N) is 4. The van der Waals surface area contributed by atoms with Crippen molar-refractivity contribution in [2.45, 2.75) is 61.7 Å². The van der Waals surface area contributed by atoms with Crippen molar-refractivity contribution in [2.24, 2.45) is 20.7 Å². The number of fused-ring (bicyclic) bond motifs is 6. The van der Waals surface area contributed by atoms with Crippen molar-refractivity contribution in [3.63, 3.8) is 0 Å². The molecule has 19 heteroatoms. The van der Waals surface area contributed by atoms with E-state index in [1.807, 2.05) is 0 Å². The highest BCUT2D eigenvalue weighted by Crippen LogP contribution is 2.50. The normalized spacial score (nSPS) is 26.7. The van der Waals surface area contributed by atoms with Crippen molar-refractivity contribution < 1.29 is 68.8 Å². The van der Waals surface area contributed by atoms with E-state index < -0.39 is 91.7 Å². The zero-order valence-electron chi connectivity index (χ0n) is 31.6. The number of aliphatic hydroxyl groups excluding tert-OH is 5. The molecule has 0 spiro atoms. The molecular weight excluding hydrogens is 786 g/mol. The average Bonchev–Trinajstić information content (AvgIpc) is 3.65. The Kier molecular flexibility index (Phi) is 10.9. The third-order valence-corrected chi connectivity index (χ3v) is 10.9. The van der Waals surface area contributed by atoms with Gasteiger partial charge >= 0.3 is 5.91 Å². The Hall–Kier alpha value is -6.19. The van der Waals surface area contributed by atoms with E-state index in [0.29, 0.717) is 23.1 Å². The number of amides is 1. The van der Waals surface area contributed by atoms with Gasteiger partial charge in [-0.25, -0.2) is 0 Å². The number of aliphatic hydroxyl groups is 6. The van der Waals surface area contributed by atoms with Crippen LogP contribution < -0.4 is 20.1 Å². The molecule has 0 saturated carbocycles. The quantitative estimate of drug-likeness (QED) is 0.0980. The molecule has 3 aromatic carbocycles. The number of aldehydes is 1. The van der Waals surface area contributed by atoms with Crippen molar-refractivity contribution in [1.82, 2.24) is 0 Å². The molecule has 7 atom stereocenters. The van der Waals surface area contributed by atoms with E-state index >= 15 is 0 Å². The first-order valence-corrected chi connectivity index (χ1v) is 18.9. The first-order valence-electron chi connectivity index (χ1n) is 18.9. The maximum atomic E-state index is 14.6. The summed E-state index contributed by atoms with van der Waals surface area (Å²) in [5.74, 6) is -4.05. The maximum absolute atomic E-state index is 14.6. The van der Waals surface area contributed by atoms with Gasteiger partial charge in [-0.3, -0.25) is 19.4 Å². The van der Waals surface area contributed by atoms with Gasteiger partial charge in [-0.15, -0.1) is 0 Å². The number of nitrogens with two attached hydrogens (primary N) is 1. The van der Waals surface area contributed by atoms with Crippen molar-refractivity contribution in [1.29, 1.82) is 0 Å². The molecule has 4 aliphatic heterocycles. The molecule has 1 saturated heterocycles. The summed E-state index contributed by atoms with van der Waals surface area (Å²) < 4.78 is 24.7. The number of aliphatic imine (C=N–C) groups is 3. The number of hydrogen-bond donors (Lipinski definition) is 7. The van der Waals surface area contributed by atoms with Gasteiger partial charge in [0.1, 0.15) is 44.5 Å². The molecule has 3 aromatic rings.